The summed E-state index contributed by atoms with van der Waals surface area (Å²) in [5.74, 6) is 0.770. The molecule has 1 aromatic carbocycles. The normalized spacial score (nSPS) is 10.9. The van der Waals surface area contributed by atoms with E-state index in [1.165, 1.54) is 11.7 Å². The monoisotopic (exact) mass is 305 g/mol. The summed E-state index contributed by atoms with van der Waals surface area (Å²) in [7, 11) is 3.18. The van der Waals surface area contributed by atoms with Crippen LogP contribution in [0.5, 0.6) is 17.2 Å². The summed E-state index contributed by atoms with van der Waals surface area (Å²) < 4.78 is 12.6. The van der Waals surface area contributed by atoms with Gasteiger partial charge in [-0.25, -0.2) is 0 Å². The molecule has 0 amide bonds. The third kappa shape index (κ3) is 3.18. The van der Waals surface area contributed by atoms with Crippen molar-refractivity contribution in [2.24, 2.45) is 7.05 Å². The molecule has 0 aliphatic carbocycles. The van der Waals surface area contributed by atoms with Gasteiger partial charge in [0.25, 0.3) is 5.56 Å². The summed E-state index contributed by atoms with van der Waals surface area (Å²) in [6, 6.07) is 4.84. The fourth-order valence-electron chi connectivity index (χ4n) is 2.50. The van der Waals surface area contributed by atoms with E-state index >= 15 is 0 Å². The quantitative estimate of drug-likeness (QED) is 0.798. The van der Waals surface area contributed by atoms with Gasteiger partial charge in [0.2, 0.25) is 5.75 Å². The van der Waals surface area contributed by atoms with Crippen LogP contribution in [-0.2, 0) is 7.05 Å². The second-order valence-corrected chi connectivity index (χ2v) is 5.34. The van der Waals surface area contributed by atoms with Crippen molar-refractivity contribution in [3.63, 3.8) is 0 Å². The largest absolute Gasteiger partial charge is 0.508 e. The van der Waals surface area contributed by atoms with Crippen molar-refractivity contribution in [2.75, 3.05) is 13.7 Å². The van der Waals surface area contributed by atoms with Crippen molar-refractivity contribution >= 4 is 10.9 Å². The average molecular weight is 305 g/mol. The average Bonchev–Trinajstić information content (AvgIpc) is 2.52. The van der Waals surface area contributed by atoms with Crippen LogP contribution >= 0.6 is 0 Å². The van der Waals surface area contributed by atoms with Crippen LogP contribution < -0.4 is 15.0 Å². The number of benzene rings is 1. The van der Waals surface area contributed by atoms with Gasteiger partial charge in [-0.1, -0.05) is 26.2 Å². The predicted molar refractivity (Wildman–Crippen MR) is 87.0 cm³/mol. The van der Waals surface area contributed by atoms with Gasteiger partial charge < -0.3 is 19.1 Å². The van der Waals surface area contributed by atoms with E-state index in [2.05, 4.69) is 6.92 Å². The van der Waals surface area contributed by atoms with E-state index in [-0.39, 0.29) is 17.1 Å². The highest BCUT2D eigenvalue weighted by Gasteiger charge is 2.17. The Morgan fingerprint density at radius 3 is 2.64 bits per heavy atom. The van der Waals surface area contributed by atoms with E-state index < -0.39 is 0 Å². The fourth-order valence-corrected chi connectivity index (χ4v) is 2.50. The number of unbranched alkanes of at least 4 members (excludes halogenated alkanes) is 3. The Bertz CT molecular complexity index is 706. The van der Waals surface area contributed by atoms with Crippen molar-refractivity contribution in [1.29, 1.82) is 0 Å². The molecule has 0 aliphatic heterocycles. The molecule has 0 saturated heterocycles. The number of hydrogen-bond donors (Lipinski definition) is 1. The maximum atomic E-state index is 12.5. The van der Waals surface area contributed by atoms with Crippen LogP contribution in [0.3, 0.4) is 0 Å². The number of hydrogen-bond acceptors (Lipinski definition) is 4. The summed E-state index contributed by atoms with van der Waals surface area (Å²) in [4.78, 5) is 12.5. The number of phenols is 1. The predicted octanol–water partition coefficient (Wildman–Crippen LogP) is 3.21. The SMILES string of the molecule is CCCCCCOc1c(OC)c2ccc(O)cc2n(C)c1=O. The minimum absolute atomic E-state index is 0.109. The van der Waals surface area contributed by atoms with Crippen LogP contribution in [0.25, 0.3) is 10.9 Å². The molecule has 120 valence electrons. The topological polar surface area (TPSA) is 60.7 Å². The van der Waals surface area contributed by atoms with Gasteiger partial charge in [-0.3, -0.25) is 4.79 Å². The number of methoxy groups -OCH3 is 1. The van der Waals surface area contributed by atoms with Gasteiger partial charge >= 0.3 is 0 Å². The van der Waals surface area contributed by atoms with E-state index in [4.69, 9.17) is 9.47 Å². The number of aryl methyl sites for hydroxylation is 1. The number of nitrogens with zero attached hydrogens (tertiary/aromatic N) is 1. The van der Waals surface area contributed by atoms with Crippen LogP contribution in [0.15, 0.2) is 23.0 Å². The Hall–Kier alpha value is -2.17. The van der Waals surface area contributed by atoms with Gasteiger partial charge in [-0.2, -0.15) is 0 Å². The van der Waals surface area contributed by atoms with Crippen molar-refractivity contribution in [3.8, 4) is 17.2 Å². The fraction of sp³-hybridized carbons (Fsp3) is 0.471. The van der Waals surface area contributed by atoms with E-state index in [1.807, 2.05) is 0 Å². The van der Waals surface area contributed by atoms with Crippen LogP contribution in [0, 0.1) is 0 Å². The second-order valence-electron chi connectivity index (χ2n) is 5.34. The lowest BCUT2D eigenvalue weighted by molar-refractivity contribution is 0.281. The number of pyridine rings is 1. The van der Waals surface area contributed by atoms with Crippen LogP contribution in [0.2, 0.25) is 0 Å². The van der Waals surface area contributed by atoms with Crippen molar-refractivity contribution in [2.45, 2.75) is 32.6 Å². The molecule has 0 atom stereocenters. The molecule has 0 bridgehead atoms. The number of ether oxygens (including phenoxy) is 2. The zero-order valence-electron chi connectivity index (χ0n) is 13.4. The molecule has 0 spiro atoms. The maximum absolute atomic E-state index is 12.5. The van der Waals surface area contributed by atoms with Crippen molar-refractivity contribution in [3.05, 3.63) is 28.6 Å². The number of aromatic nitrogens is 1. The molecule has 1 heterocycles. The molecule has 2 aromatic rings. The summed E-state index contributed by atoms with van der Waals surface area (Å²) in [6.07, 6.45) is 4.31. The molecule has 0 aliphatic rings. The molecule has 0 saturated carbocycles. The zero-order valence-corrected chi connectivity index (χ0v) is 13.4. The van der Waals surface area contributed by atoms with E-state index in [0.29, 0.717) is 17.9 Å². The molecule has 0 radical (unpaired) electrons. The Balaban J connectivity index is 2.39. The Kier molecular flexibility index (Phi) is 5.31. The summed E-state index contributed by atoms with van der Waals surface area (Å²) >= 11 is 0. The molecule has 0 fully saturated rings. The Morgan fingerprint density at radius 1 is 1.18 bits per heavy atom. The lowest BCUT2D eigenvalue weighted by atomic mass is 10.1. The second kappa shape index (κ2) is 7.20. The highest BCUT2D eigenvalue weighted by Crippen LogP contribution is 2.33. The smallest absolute Gasteiger partial charge is 0.297 e. The Morgan fingerprint density at radius 2 is 1.95 bits per heavy atom. The summed E-state index contributed by atoms with van der Waals surface area (Å²) in [5.41, 5.74) is 0.352. The molecule has 2 rings (SSSR count). The molecule has 1 aromatic heterocycles. The molecule has 0 unspecified atom stereocenters. The number of phenolic OH excluding ortho intramolecular Hbond substituents is 1. The van der Waals surface area contributed by atoms with Crippen molar-refractivity contribution in [1.82, 2.24) is 4.57 Å². The van der Waals surface area contributed by atoms with Gasteiger partial charge in [0, 0.05) is 18.5 Å². The van der Waals surface area contributed by atoms with E-state index in [0.717, 1.165) is 31.1 Å². The number of rotatable bonds is 7. The van der Waals surface area contributed by atoms with E-state index in [1.54, 1.807) is 25.2 Å². The standard InChI is InChI=1S/C17H23NO4/c1-4-5-6-7-10-22-16-15(21-3)13-9-8-12(19)11-14(13)18(2)17(16)20/h8-9,11,19H,4-7,10H2,1-3H3. The lowest BCUT2D eigenvalue weighted by Gasteiger charge is -2.15. The molecule has 22 heavy (non-hydrogen) atoms. The Labute approximate surface area is 130 Å². The van der Waals surface area contributed by atoms with Gasteiger partial charge in [0.1, 0.15) is 5.75 Å². The first kappa shape index (κ1) is 16.2. The third-order valence-corrected chi connectivity index (χ3v) is 3.74. The van der Waals surface area contributed by atoms with Crippen LogP contribution in [0.4, 0.5) is 0 Å². The summed E-state index contributed by atoms with van der Waals surface area (Å²) in [6.45, 7) is 2.65. The first-order chi connectivity index (χ1) is 10.6. The highest BCUT2D eigenvalue weighted by molar-refractivity contribution is 5.88. The highest BCUT2D eigenvalue weighted by atomic mass is 16.5. The first-order valence-corrected chi connectivity index (χ1v) is 7.62. The minimum atomic E-state index is -0.259. The maximum Gasteiger partial charge on any atom is 0.297 e. The lowest BCUT2D eigenvalue weighted by Crippen LogP contribution is -2.21. The van der Waals surface area contributed by atoms with Gasteiger partial charge in [-0.15, -0.1) is 0 Å². The van der Waals surface area contributed by atoms with Gasteiger partial charge in [-0.05, 0) is 18.6 Å². The van der Waals surface area contributed by atoms with Crippen LogP contribution in [-0.4, -0.2) is 23.4 Å². The van der Waals surface area contributed by atoms with Crippen LogP contribution in [0.1, 0.15) is 32.6 Å². The third-order valence-electron chi connectivity index (χ3n) is 3.74. The number of fused-ring (bicyclic) bond motifs is 1. The first-order valence-electron chi connectivity index (χ1n) is 7.62. The van der Waals surface area contributed by atoms with Gasteiger partial charge in [0.05, 0.1) is 19.2 Å². The molecular weight excluding hydrogens is 282 g/mol. The van der Waals surface area contributed by atoms with E-state index in [9.17, 15) is 9.90 Å². The van der Waals surface area contributed by atoms with Gasteiger partial charge in [0.15, 0.2) is 5.75 Å². The molecule has 1 N–H and O–H groups in total. The minimum Gasteiger partial charge on any atom is -0.508 e. The summed E-state index contributed by atoms with van der Waals surface area (Å²) in [5, 5.41) is 10.4. The van der Waals surface area contributed by atoms with Crippen molar-refractivity contribution < 1.29 is 14.6 Å². The molecule has 5 heteroatoms. The zero-order chi connectivity index (χ0) is 16.1. The number of aromatic hydroxyl groups is 1. The molecule has 5 nitrogen and oxygen atoms in total. The molecular formula is C17H23NO4.